The van der Waals surface area contributed by atoms with Gasteiger partial charge in [-0.05, 0) is 37.9 Å². The van der Waals surface area contributed by atoms with Gasteiger partial charge in [0.15, 0.2) is 0 Å². The van der Waals surface area contributed by atoms with Crippen LogP contribution in [-0.4, -0.2) is 32.8 Å². The maximum absolute atomic E-state index is 11.5. The molecule has 20 heavy (non-hydrogen) atoms. The second kappa shape index (κ2) is 8.59. The van der Waals surface area contributed by atoms with Crippen molar-refractivity contribution in [2.75, 3.05) is 20.8 Å². The van der Waals surface area contributed by atoms with Crippen molar-refractivity contribution in [2.24, 2.45) is 0 Å². The first-order valence-corrected chi connectivity index (χ1v) is 7.04. The maximum atomic E-state index is 11.5. The van der Waals surface area contributed by atoms with Gasteiger partial charge in [0.1, 0.15) is 5.75 Å². The van der Waals surface area contributed by atoms with Crippen molar-refractivity contribution >= 4 is 5.97 Å². The zero-order valence-corrected chi connectivity index (χ0v) is 12.9. The van der Waals surface area contributed by atoms with Gasteiger partial charge in [0.25, 0.3) is 0 Å². The van der Waals surface area contributed by atoms with E-state index in [0.29, 0.717) is 6.42 Å². The van der Waals surface area contributed by atoms with Crippen molar-refractivity contribution in [3.63, 3.8) is 0 Å². The van der Waals surface area contributed by atoms with E-state index in [4.69, 9.17) is 9.47 Å². The van der Waals surface area contributed by atoms with Gasteiger partial charge in [-0.2, -0.15) is 0 Å². The summed E-state index contributed by atoms with van der Waals surface area (Å²) in [6, 6.07) is 6.17. The minimum atomic E-state index is -0.190. The number of aryl methyl sites for hydroxylation is 1. The molecule has 1 aromatic rings. The number of methoxy groups -OCH3 is 2. The van der Waals surface area contributed by atoms with Crippen LogP contribution in [0.4, 0.5) is 0 Å². The number of carbonyl (C=O) groups is 1. The molecule has 0 saturated carbocycles. The summed E-state index contributed by atoms with van der Waals surface area (Å²) in [4.78, 5) is 11.5. The lowest BCUT2D eigenvalue weighted by molar-refractivity contribution is -0.141. The summed E-state index contributed by atoms with van der Waals surface area (Å²) in [5.74, 6) is 0.675. The van der Waals surface area contributed by atoms with Crippen LogP contribution in [0.25, 0.3) is 0 Å². The van der Waals surface area contributed by atoms with Gasteiger partial charge in [-0.15, -0.1) is 0 Å². The third-order valence-corrected chi connectivity index (χ3v) is 3.23. The van der Waals surface area contributed by atoms with Crippen molar-refractivity contribution in [3.8, 4) is 5.75 Å². The van der Waals surface area contributed by atoms with Crippen LogP contribution in [0.2, 0.25) is 0 Å². The first kappa shape index (κ1) is 16.5. The molecule has 0 heterocycles. The van der Waals surface area contributed by atoms with Gasteiger partial charge in [0, 0.05) is 6.04 Å². The number of nitrogens with one attached hydrogen (secondary N) is 1. The van der Waals surface area contributed by atoms with E-state index in [2.05, 4.69) is 25.2 Å². The summed E-state index contributed by atoms with van der Waals surface area (Å²) in [7, 11) is 3.09. The molecule has 1 unspecified atom stereocenters. The number of ether oxygens (including phenoxy) is 2. The minimum absolute atomic E-state index is 0.0677. The molecule has 0 fully saturated rings. The van der Waals surface area contributed by atoms with Crippen molar-refractivity contribution < 1.29 is 14.3 Å². The van der Waals surface area contributed by atoms with Crippen molar-refractivity contribution in [3.05, 3.63) is 29.3 Å². The number of benzene rings is 1. The molecule has 0 radical (unpaired) electrons. The number of esters is 1. The zero-order chi connectivity index (χ0) is 15.0. The highest BCUT2D eigenvalue weighted by molar-refractivity contribution is 5.70. The molecule has 0 amide bonds. The summed E-state index contributed by atoms with van der Waals surface area (Å²) in [6.45, 7) is 5.04. The maximum Gasteiger partial charge on any atom is 0.307 e. The highest BCUT2D eigenvalue weighted by Gasteiger charge is 2.16. The molecule has 1 N–H and O–H groups in total. The first-order valence-electron chi connectivity index (χ1n) is 7.04. The lowest BCUT2D eigenvalue weighted by Gasteiger charge is -2.19. The average Bonchev–Trinajstić information content (AvgIpc) is 2.44. The van der Waals surface area contributed by atoms with E-state index in [-0.39, 0.29) is 12.0 Å². The Balaban J connectivity index is 2.81. The summed E-state index contributed by atoms with van der Waals surface area (Å²) in [5, 5.41) is 3.40. The van der Waals surface area contributed by atoms with Crippen molar-refractivity contribution in [1.82, 2.24) is 5.32 Å². The van der Waals surface area contributed by atoms with Gasteiger partial charge >= 0.3 is 5.97 Å². The highest BCUT2D eigenvalue weighted by atomic mass is 16.5. The van der Waals surface area contributed by atoms with E-state index in [0.717, 1.165) is 30.7 Å². The Labute approximate surface area is 121 Å². The number of hydrogen-bond acceptors (Lipinski definition) is 4. The molecule has 1 rings (SSSR count). The lowest BCUT2D eigenvalue weighted by Crippen LogP contribution is -2.34. The summed E-state index contributed by atoms with van der Waals surface area (Å²) >= 11 is 0. The van der Waals surface area contributed by atoms with E-state index in [1.54, 1.807) is 7.11 Å². The third-order valence-electron chi connectivity index (χ3n) is 3.23. The Hall–Kier alpha value is -1.55. The van der Waals surface area contributed by atoms with Gasteiger partial charge < -0.3 is 14.8 Å². The Morgan fingerprint density at radius 1 is 1.35 bits per heavy atom. The Morgan fingerprint density at radius 2 is 2.10 bits per heavy atom. The smallest absolute Gasteiger partial charge is 0.307 e. The van der Waals surface area contributed by atoms with Crippen LogP contribution in [0, 0.1) is 6.92 Å². The van der Waals surface area contributed by atoms with Crippen LogP contribution >= 0.6 is 0 Å². The molecule has 0 spiro atoms. The van der Waals surface area contributed by atoms with Crippen LogP contribution in [0.1, 0.15) is 30.9 Å². The quantitative estimate of drug-likeness (QED) is 0.743. The molecule has 1 aromatic carbocycles. The largest absolute Gasteiger partial charge is 0.496 e. The van der Waals surface area contributed by atoms with Crippen molar-refractivity contribution in [1.29, 1.82) is 0 Å². The minimum Gasteiger partial charge on any atom is -0.496 e. The zero-order valence-electron chi connectivity index (χ0n) is 12.9. The second-order valence-electron chi connectivity index (χ2n) is 4.95. The van der Waals surface area contributed by atoms with E-state index in [1.807, 2.05) is 12.1 Å². The second-order valence-corrected chi connectivity index (χ2v) is 4.95. The first-order chi connectivity index (χ1) is 9.60. The number of hydrogen-bond donors (Lipinski definition) is 1. The van der Waals surface area contributed by atoms with Crippen LogP contribution in [-0.2, 0) is 16.0 Å². The fourth-order valence-electron chi connectivity index (χ4n) is 2.18. The normalized spacial score (nSPS) is 12.0. The van der Waals surface area contributed by atoms with Gasteiger partial charge in [0.2, 0.25) is 0 Å². The molecule has 0 bridgehead atoms. The van der Waals surface area contributed by atoms with E-state index < -0.39 is 0 Å². The molecule has 1 atom stereocenters. The van der Waals surface area contributed by atoms with E-state index in [9.17, 15) is 4.79 Å². The molecular formula is C16H25NO3. The van der Waals surface area contributed by atoms with Gasteiger partial charge in [-0.25, -0.2) is 0 Å². The molecule has 112 valence electrons. The molecule has 0 aliphatic heterocycles. The molecule has 4 heteroatoms. The van der Waals surface area contributed by atoms with E-state index in [1.165, 1.54) is 12.7 Å². The fourth-order valence-corrected chi connectivity index (χ4v) is 2.18. The monoisotopic (exact) mass is 279 g/mol. The molecule has 0 saturated heterocycles. The molecule has 0 aliphatic carbocycles. The topological polar surface area (TPSA) is 47.6 Å². The highest BCUT2D eigenvalue weighted by Crippen LogP contribution is 2.22. The van der Waals surface area contributed by atoms with Crippen LogP contribution in [0.15, 0.2) is 18.2 Å². The molecule has 0 aliphatic rings. The Kier molecular flexibility index (Phi) is 7.09. The Bertz CT molecular complexity index is 432. The standard InChI is InChI=1S/C16H25NO3/c1-5-8-17-14(11-16(18)20-4)10-13-9-12(2)6-7-15(13)19-3/h6-7,9,14,17H,5,8,10-11H2,1-4H3. The van der Waals surface area contributed by atoms with Crippen LogP contribution in [0.3, 0.4) is 0 Å². The number of carbonyl (C=O) groups excluding carboxylic acids is 1. The summed E-state index contributed by atoms with van der Waals surface area (Å²) in [5.41, 5.74) is 2.30. The van der Waals surface area contributed by atoms with Crippen molar-refractivity contribution in [2.45, 2.75) is 39.2 Å². The average molecular weight is 279 g/mol. The number of rotatable bonds is 8. The Morgan fingerprint density at radius 3 is 2.70 bits per heavy atom. The predicted molar refractivity (Wildman–Crippen MR) is 80.1 cm³/mol. The SMILES string of the molecule is CCCNC(CC(=O)OC)Cc1cc(C)ccc1OC. The van der Waals surface area contributed by atoms with Gasteiger partial charge in [-0.1, -0.05) is 24.6 Å². The fraction of sp³-hybridized carbons (Fsp3) is 0.562. The molecule has 4 nitrogen and oxygen atoms in total. The predicted octanol–water partition coefficient (Wildman–Crippen LogP) is 2.48. The van der Waals surface area contributed by atoms with E-state index >= 15 is 0 Å². The molecular weight excluding hydrogens is 254 g/mol. The third kappa shape index (κ3) is 5.21. The summed E-state index contributed by atoms with van der Waals surface area (Å²) in [6.07, 6.45) is 2.15. The lowest BCUT2D eigenvalue weighted by atomic mass is 10.0. The summed E-state index contributed by atoms with van der Waals surface area (Å²) < 4.78 is 10.2. The van der Waals surface area contributed by atoms with Crippen LogP contribution < -0.4 is 10.1 Å². The van der Waals surface area contributed by atoms with Gasteiger partial charge in [-0.3, -0.25) is 4.79 Å². The molecule has 0 aromatic heterocycles. The van der Waals surface area contributed by atoms with Gasteiger partial charge in [0.05, 0.1) is 20.6 Å². The van der Waals surface area contributed by atoms with Crippen LogP contribution in [0.5, 0.6) is 5.75 Å².